The number of benzene rings is 1. The minimum atomic E-state index is -0.844. The van der Waals surface area contributed by atoms with Crippen LogP contribution < -0.4 is 11.1 Å². The Labute approximate surface area is 136 Å². The van der Waals surface area contributed by atoms with Crippen molar-refractivity contribution >= 4 is 12.0 Å². The monoisotopic (exact) mass is 319 g/mol. The third-order valence-electron chi connectivity index (χ3n) is 4.37. The van der Waals surface area contributed by atoms with E-state index in [1.165, 1.54) is 4.90 Å². The van der Waals surface area contributed by atoms with E-state index in [1.807, 2.05) is 30.3 Å². The number of nitrogens with zero attached hydrogens (tertiary/aromatic N) is 1. The van der Waals surface area contributed by atoms with Crippen LogP contribution >= 0.6 is 0 Å². The van der Waals surface area contributed by atoms with Crippen LogP contribution in [0, 0.1) is 5.92 Å². The molecule has 1 heterocycles. The lowest BCUT2D eigenvalue weighted by molar-refractivity contribution is -0.122. The lowest BCUT2D eigenvalue weighted by Crippen LogP contribution is -2.43. The molecule has 0 radical (unpaired) electrons. The molecule has 2 rings (SSSR count). The summed E-state index contributed by atoms with van der Waals surface area (Å²) in [4.78, 5) is 24.3. The highest BCUT2D eigenvalue weighted by molar-refractivity contribution is 5.81. The molecule has 1 unspecified atom stereocenters. The molecule has 4 N–H and O–H groups in total. The van der Waals surface area contributed by atoms with Crippen molar-refractivity contribution in [2.75, 3.05) is 19.6 Å². The summed E-state index contributed by atoms with van der Waals surface area (Å²) in [5, 5.41) is 11.8. The molecule has 0 spiro atoms. The van der Waals surface area contributed by atoms with Gasteiger partial charge in [-0.2, -0.15) is 0 Å². The molecule has 2 amide bonds. The Balaban J connectivity index is 1.64. The van der Waals surface area contributed by atoms with Crippen molar-refractivity contribution in [2.24, 2.45) is 11.7 Å². The van der Waals surface area contributed by atoms with Crippen LogP contribution in [0.5, 0.6) is 0 Å². The van der Waals surface area contributed by atoms with Gasteiger partial charge >= 0.3 is 6.09 Å². The van der Waals surface area contributed by atoms with Crippen molar-refractivity contribution in [3.63, 3.8) is 0 Å². The zero-order valence-corrected chi connectivity index (χ0v) is 13.3. The number of likely N-dealkylation sites (tertiary alicyclic amines) is 1. The summed E-state index contributed by atoms with van der Waals surface area (Å²) in [6.07, 6.45) is 2.28. The fourth-order valence-corrected chi connectivity index (χ4v) is 2.90. The Hall–Kier alpha value is -2.08. The molecule has 0 aromatic heterocycles. The number of hydrogen-bond donors (Lipinski definition) is 3. The van der Waals surface area contributed by atoms with Crippen LogP contribution in [0.25, 0.3) is 0 Å². The number of amides is 2. The molecule has 1 atom stereocenters. The van der Waals surface area contributed by atoms with Crippen molar-refractivity contribution in [1.29, 1.82) is 0 Å². The molecular weight excluding hydrogens is 294 g/mol. The number of carbonyl (C=O) groups excluding carboxylic acids is 1. The van der Waals surface area contributed by atoms with E-state index < -0.39 is 12.1 Å². The first-order chi connectivity index (χ1) is 11.1. The molecule has 1 aliphatic heterocycles. The molecule has 0 aliphatic carbocycles. The van der Waals surface area contributed by atoms with Gasteiger partial charge in [0, 0.05) is 19.6 Å². The van der Waals surface area contributed by atoms with Crippen molar-refractivity contribution in [3.8, 4) is 0 Å². The average molecular weight is 319 g/mol. The summed E-state index contributed by atoms with van der Waals surface area (Å²) in [5.41, 5.74) is 6.99. The van der Waals surface area contributed by atoms with E-state index in [4.69, 9.17) is 10.8 Å². The number of nitrogens with one attached hydrogen (secondary N) is 1. The van der Waals surface area contributed by atoms with Crippen molar-refractivity contribution < 1.29 is 14.7 Å². The van der Waals surface area contributed by atoms with Crippen LogP contribution in [0.1, 0.15) is 24.8 Å². The van der Waals surface area contributed by atoms with E-state index in [-0.39, 0.29) is 5.91 Å². The largest absolute Gasteiger partial charge is 0.465 e. The van der Waals surface area contributed by atoms with Crippen LogP contribution in [-0.4, -0.2) is 47.7 Å². The van der Waals surface area contributed by atoms with Crippen LogP contribution in [0.2, 0.25) is 0 Å². The van der Waals surface area contributed by atoms with Crippen LogP contribution in [0.4, 0.5) is 4.79 Å². The molecule has 6 nitrogen and oxygen atoms in total. The van der Waals surface area contributed by atoms with Crippen LogP contribution in [-0.2, 0) is 11.2 Å². The van der Waals surface area contributed by atoms with E-state index in [0.717, 1.165) is 24.8 Å². The maximum absolute atomic E-state index is 12.0. The first-order valence-corrected chi connectivity index (χ1v) is 8.11. The molecular formula is C17H25N3O3. The minimum absolute atomic E-state index is 0.128. The van der Waals surface area contributed by atoms with Crippen LogP contribution in [0.15, 0.2) is 30.3 Å². The fourth-order valence-electron chi connectivity index (χ4n) is 2.90. The Morgan fingerprint density at radius 3 is 2.52 bits per heavy atom. The molecule has 23 heavy (non-hydrogen) atoms. The predicted octanol–water partition coefficient (Wildman–Crippen LogP) is 1.45. The van der Waals surface area contributed by atoms with Crippen molar-refractivity contribution in [2.45, 2.75) is 31.7 Å². The second kappa shape index (κ2) is 8.53. The van der Waals surface area contributed by atoms with Gasteiger partial charge in [0.1, 0.15) is 0 Å². The number of hydrogen-bond acceptors (Lipinski definition) is 3. The molecule has 1 aromatic rings. The Morgan fingerprint density at radius 2 is 1.91 bits per heavy atom. The number of carbonyl (C=O) groups is 2. The predicted molar refractivity (Wildman–Crippen MR) is 88.1 cm³/mol. The van der Waals surface area contributed by atoms with E-state index in [9.17, 15) is 9.59 Å². The molecule has 6 heteroatoms. The highest BCUT2D eigenvalue weighted by Crippen LogP contribution is 2.19. The molecule has 1 fully saturated rings. The van der Waals surface area contributed by atoms with E-state index in [1.54, 1.807) is 0 Å². The summed E-state index contributed by atoms with van der Waals surface area (Å²) in [7, 11) is 0. The van der Waals surface area contributed by atoms with Gasteiger partial charge in [-0.15, -0.1) is 0 Å². The maximum atomic E-state index is 12.0. The van der Waals surface area contributed by atoms with E-state index >= 15 is 0 Å². The maximum Gasteiger partial charge on any atom is 0.407 e. The second-order valence-electron chi connectivity index (χ2n) is 6.09. The molecule has 126 valence electrons. The van der Waals surface area contributed by atoms with Gasteiger partial charge in [-0.25, -0.2) is 4.79 Å². The normalized spacial score (nSPS) is 16.8. The Morgan fingerprint density at radius 1 is 1.26 bits per heavy atom. The van der Waals surface area contributed by atoms with E-state index in [0.29, 0.717) is 32.0 Å². The van der Waals surface area contributed by atoms with E-state index in [2.05, 4.69) is 5.32 Å². The van der Waals surface area contributed by atoms with Gasteiger partial charge in [-0.1, -0.05) is 30.3 Å². The Bertz CT molecular complexity index is 513. The summed E-state index contributed by atoms with van der Waals surface area (Å²) in [5.74, 6) is 0.341. The quantitative estimate of drug-likeness (QED) is 0.739. The zero-order valence-electron chi connectivity index (χ0n) is 13.3. The van der Waals surface area contributed by atoms with Gasteiger partial charge in [0.25, 0.3) is 0 Å². The third kappa shape index (κ3) is 5.56. The summed E-state index contributed by atoms with van der Waals surface area (Å²) < 4.78 is 0. The van der Waals surface area contributed by atoms with Gasteiger partial charge in [0.15, 0.2) is 0 Å². The molecule has 0 saturated carbocycles. The average Bonchev–Trinajstić information content (AvgIpc) is 2.56. The topological polar surface area (TPSA) is 95.7 Å². The highest BCUT2D eigenvalue weighted by Gasteiger charge is 2.22. The van der Waals surface area contributed by atoms with Crippen LogP contribution in [0.3, 0.4) is 0 Å². The number of nitrogens with two attached hydrogens (primary N) is 1. The zero-order chi connectivity index (χ0) is 16.7. The Kier molecular flexibility index (Phi) is 6.40. The van der Waals surface area contributed by atoms with Crippen molar-refractivity contribution in [1.82, 2.24) is 10.2 Å². The second-order valence-corrected chi connectivity index (χ2v) is 6.09. The molecule has 1 saturated heterocycles. The standard InChI is InChI=1S/C17H25N3O3/c18-15(12-14-4-2-1-3-5-14)16(21)19-9-6-13-7-10-20(11-8-13)17(22)23/h1-5,13,15H,6-12,18H2,(H,19,21)(H,22,23). The number of rotatable bonds is 6. The summed E-state index contributed by atoms with van der Waals surface area (Å²) in [6.45, 7) is 1.77. The lowest BCUT2D eigenvalue weighted by atomic mass is 9.94. The first kappa shape index (κ1) is 17.3. The van der Waals surface area contributed by atoms with Crippen molar-refractivity contribution in [3.05, 3.63) is 35.9 Å². The molecule has 0 bridgehead atoms. The lowest BCUT2D eigenvalue weighted by Gasteiger charge is -2.30. The summed E-state index contributed by atoms with van der Waals surface area (Å²) in [6, 6.07) is 9.19. The van der Waals surface area contributed by atoms with Gasteiger partial charge < -0.3 is 21.1 Å². The summed E-state index contributed by atoms with van der Waals surface area (Å²) >= 11 is 0. The third-order valence-corrected chi connectivity index (χ3v) is 4.37. The fraction of sp³-hybridized carbons (Fsp3) is 0.529. The SMILES string of the molecule is NC(Cc1ccccc1)C(=O)NCCC1CCN(C(=O)O)CC1. The number of carboxylic acid groups (broad SMARTS) is 1. The number of piperidine rings is 1. The van der Waals surface area contributed by atoms with Gasteiger partial charge in [0.2, 0.25) is 5.91 Å². The molecule has 1 aromatic carbocycles. The minimum Gasteiger partial charge on any atom is -0.465 e. The smallest absolute Gasteiger partial charge is 0.407 e. The first-order valence-electron chi connectivity index (χ1n) is 8.11. The van der Waals surface area contributed by atoms with Gasteiger partial charge in [-0.05, 0) is 37.2 Å². The van der Waals surface area contributed by atoms with Gasteiger partial charge in [0.05, 0.1) is 6.04 Å². The molecule has 1 aliphatic rings. The van der Waals surface area contributed by atoms with Gasteiger partial charge in [-0.3, -0.25) is 4.79 Å². The highest BCUT2D eigenvalue weighted by atomic mass is 16.4.